The second-order valence-electron chi connectivity index (χ2n) is 5.20. The molecule has 18 heavy (non-hydrogen) atoms. The second kappa shape index (κ2) is 4.29. The molecule has 2 aliphatic rings. The lowest BCUT2D eigenvalue weighted by molar-refractivity contribution is 0.935. The molecule has 3 rings (SSSR count). The zero-order valence-electron chi connectivity index (χ0n) is 10.7. The Morgan fingerprint density at radius 1 is 1.06 bits per heavy atom. The minimum Gasteiger partial charge on any atom is -0.356 e. The van der Waals surface area contributed by atoms with Crippen LogP contribution in [-0.4, -0.2) is 8.07 Å². The van der Waals surface area contributed by atoms with Crippen LogP contribution in [0, 0.1) is 0 Å². The normalized spacial score (nSPS) is 20.4. The van der Waals surface area contributed by atoms with E-state index in [2.05, 4.69) is 48.8 Å². The lowest BCUT2D eigenvalue weighted by Crippen LogP contribution is -2.51. The summed E-state index contributed by atoms with van der Waals surface area (Å²) in [5.74, 6) is 0. The largest absolute Gasteiger partial charge is 0.356 e. The SMILES string of the molecule is C=CC1=C(C=C)[Si]2(CCCC2)c2ccccc2N1. The van der Waals surface area contributed by atoms with E-state index in [-0.39, 0.29) is 0 Å². The first-order valence-corrected chi connectivity index (χ1v) is 9.09. The standard InChI is InChI=1S/C16H19NSi/c1-3-13-15(4-2)18(11-7-8-12-18)16-10-6-5-9-14(16)17-13/h3-6,9-10,17H,1-2,7-8,11-12H2. The Kier molecular flexibility index (Phi) is 2.75. The van der Waals surface area contributed by atoms with Crippen molar-refractivity contribution in [3.8, 4) is 0 Å². The molecule has 1 fully saturated rings. The topological polar surface area (TPSA) is 12.0 Å². The van der Waals surface area contributed by atoms with Crippen LogP contribution < -0.4 is 10.5 Å². The first-order valence-electron chi connectivity index (χ1n) is 6.68. The monoisotopic (exact) mass is 253 g/mol. The highest BCUT2D eigenvalue weighted by atomic mass is 28.3. The number of benzene rings is 1. The molecule has 0 atom stereocenters. The zero-order valence-corrected chi connectivity index (χ0v) is 11.7. The molecule has 0 unspecified atom stereocenters. The van der Waals surface area contributed by atoms with E-state index in [0.29, 0.717) is 0 Å². The predicted molar refractivity (Wildman–Crippen MR) is 81.7 cm³/mol. The molecule has 1 spiro atoms. The third kappa shape index (κ3) is 1.45. The number of para-hydroxylation sites is 1. The maximum absolute atomic E-state index is 4.06. The van der Waals surface area contributed by atoms with Gasteiger partial charge in [-0.2, -0.15) is 0 Å². The minimum atomic E-state index is -1.53. The summed E-state index contributed by atoms with van der Waals surface area (Å²) in [5, 5.41) is 6.56. The molecular weight excluding hydrogens is 234 g/mol. The highest BCUT2D eigenvalue weighted by molar-refractivity contribution is 7.00. The number of allylic oxidation sites excluding steroid dienone is 3. The molecule has 2 aliphatic heterocycles. The van der Waals surface area contributed by atoms with Gasteiger partial charge in [0.1, 0.15) is 8.07 Å². The van der Waals surface area contributed by atoms with E-state index < -0.39 is 8.07 Å². The Labute approximate surface area is 110 Å². The van der Waals surface area contributed by atoms with Gasteiger partial charge < -0.3 is 5.32 Å². The number of rotatable bonds is 2. The first-order chi connectivity index (χ1) is 8.81. The summed E-state index contributed by atoms with van der Waals surface area (Å²) < 4.78 is 0. The molecular formula is C16H19NSi. The summed E-state index contributed by atoms with van der Waals surface area (Å²) in [6.45, 7) is 8.03. The van der Waals surface area contributed by atoms with Crippen molar-refractivity contribution in [2.45, 2.75) is 24.9 Å². The summed E-state index contributed by atoms with van der Waals surface area (Å²) in [7, 11) is -1.53. The van der Waals surface area contributed by atoms with Crippen molar-refractivity contribution in [1.29, 1.82) is 0 Å². The summed E-state index contributed by atoms with van der Waals surface area (Å²) in [5.41, 5.74) is 2.49. The molecule has 1 nitrogen and oxygen atoms in total. The number of nitrogens with one attached hydrogen (secondary N) is 1. The van der Waals surface area contributed by atoms with Crippen molar-refractivity contribution in [1.82, 2.24) is 0 Å². The van der Waals surface area contributed by atoms with Crippen molar-refractivity contribution in [2.24, 2.45) is 0 Å². The van der Waals surface area contributed by atoms with E-state index in [4.69, 9.17) is 0 Å². The van der Waals surface area contributed by atoms with Crippen LogP contribution in [0.3, 0.4) is 0 Å². The van der Waals surface area contributed by atoms with Crippen LogP contribution >= 0.6 is 0 Å². The van der Waals surface area contributed by atoms with Crippen molar-refractivity contribution >= 4 is 18.9 Å². The number of anilines is 1. The lowest BCUT2D eigenvalue weighted by Gasteiger charge is -2.37. The van der Waals surface area contributed by atoms with Gasteiger partial charge in [-0.25, -0.2) is 0 Å². The average molecular weight is 253 g/mol. The number of hydrogen-bond donors (Lipinski definition) is 1. The Morgan fingerprint density at radius 3 is 2.44 bits per heavy atom. The first kappa shape index (κ1) is 11.5. The van der Waals surface area contributed by atoms with Gasteiger partial charge in [0.05, 0.1) is 0 Å². The van der Waals surface area contributed by atoms with Crippen LogP contribution in [0.15, 0.2) is 60.5 Å². The third-order valence-electron chi connectivity index (χ3n) is 4.38. The van der Waals surface area contributed by atoms with Crippen LogP contribution in [0.4, 0.5) is 5.69 Å². The van der Waals surface area contributed by atoms with Gasteiger partial charge in [-0.1, -0.05) is 50.3 Å². The van der Waals surface area contributed by atoms with Gasteiger partial charge in [-0.3, -0.25) is 0 Å². The fraction of sp³-hybridized carbons (Fsp3) is 0.250. The molecule has 92 valence electrons. The quantitative estimate of drug-likeness (QED) is 0.792. The Morgan fingerprint density at radius 2 is 1.78 bits per heavy atom. The molecule has 0 amide bonds. The van der Waals surface area contributed by atoms with Crippen LogP contribution in [0.25, 0.3) is 0 Å². The van der Waals surface area contributed by atoms with Gasteiger partial charge in [-0.05, 0) is 34.6 Å². The molecule has 0 aliphatic carbocycles. The fourth-order valence-corrected chi connectivity index (χ4v) is 9.08. The van der Waals surface area contributed by atoms with E-state index in [9.17, 15) is 0 Å². The van der Waals surface area contributed by atoms with Gasteiger partial charge in [0.25, 0.3) is 0 Å². The Bertz CT molecular complexity index is 536. The Hall–Kier alpha value is -1.54. The van der Waals surface area contributed by atoms with E-state index in [0.717, 1.165) is 0 Å². The molecule has 0 bridgehead atoms. The Balaban J connectivity index is 2.26. The zero-order chi connectivity index (χ0) is 12.6. The third-order valence-corrected chi connectivity index (χ3v) is 9.77. The van der Waals surface area contributed by atoms with Crippen LogP contribution in [0.1, 0.15) is 12.8 Å². The van der Waals surface area contributed by atoms with Crippen LogP contribution in [0.2, 0.25) is 12.1 Å². The highest BCUT2D eigenvalue weighted by Gasteiger charge is 2.45. The van der Waals surface area contributed by atoms with Crippen molar-refractivity contribution in [3.05, 3.63) is 60.5 Å². The van der Waals surface area contributed by atoms with Gasteiger partial charge in [0.15, 0.2) is 0 Å². The van der Waals surface area contributed by atoms with E-state index in [1.54, 1.807) is 5.19 Å². The van der Waals surface area contributed by atoms with Crippen molar-refractivity contribution < 1.29 is 0 Å². The summed E-state index contributed by atoms with van der Waals surface area (Å²) >= 11 is 0. The molecule has 0 aromatic heterocycles. The number of hydrogen-bond acceptors (Lipinski definition) is 1. The predicted octanol–water partition coefficient (Wildman–Crippen LogP) is 3.73. The maximum Gasteiger partial charge on any atom is 0.123 e. The minimum absolute atomic E-state index is 1.19. The van der Waals surface area contributed by atoms with Crippen molar-refractivity contribution in [3.63, 3.8) is 0 Å². The lowest BCUT2D eigenvalue weighted by atomic mass is 10.2. The van der Waals surface area contributed by atoms with Crippen LogP contribution in [0.5, 0.6) is 0 Å². The molecule has 2 heterocycles. The van der Waals surface area contributed by atoms with E-state index >= 15 is 0 Å². The van der Waals surface area contributed by atoms with Crippen LogP contribution in [-0.2, 0) is 0 Å². The highest BCUT2D eigenvalue weighted by Crippen LogP contribution is 2.41. The molecule has 0 saturated carbocycles. The molecule has 2 heteroatoms. The number of fused-ring (bicyclic) bond motifs is 2. The van der Waals surface area contributed by atoms with E-state index in [1.807, 2.05) is 6.08 Å². The second-order valence-corrected chi connectivity index (χ2v) is 9.44. The smallest absolute Gasteiger partial charge is 0.123 e. The fourth-order valence-electron chi connectivity index (χ4n) is 3.61. The summed E-state index contributed by atoms with van der Waals surface area (Å²) in [6.07, 6.45) is 6.77. The molecule has 1 N–H and O–H groups in total. The molecule has 1 aromatic rings. The van der Waals surface area contributed by atoms with Gasteiger partial charge >= 0.3 is 0 Å². The van der Waals surface area contributed by atoms with Gasteiger partial charge in [0.2, 0.25) is 0 Å². The molecule has 1 saturated heterocycles. The maximum atomic E-state index is 4.06. The summed E-state index contributed by atoms with van der Waals surface area (Å²) in [6, 6.07) is 11.5. The van der Waals surface area contributed by atoms with Crippen molar-refractivity contribution in [2.75, 3.05) is 5.32 Å². The summed E-state index contributed by atoms with van der Waals surface area (Å²) in [4.78, 5) is 0. The average Bonchev–Trinajstić information content (AvgIpc) is 2.89. The van der Waals surface area contributed by atoms with Gasteiger partial charge in [0, 0.05) is 11.4 Å². The van der Waals surface area contributed by atoms with Gasteiger partial charge in [-0.15, -0.1) is 0 Å². The molecule has 1 aromatic carbocycles. The van der Waals surface area contributed by atoms with E-state index in [1.165, 1.54) is 41.5 Å². The molecule has 0 radical (unpaired) electrons.